The summed E-state index contributed by atoms with van der Waals surface area (Å²) in [6.07, 6.45) is 1.58. The Bertz CT molecular complexity index is 1150. The number of nitrogens with zero attached hydrogens (tertiary/aromatic N) is 3. The molecular formula is C24H23Cl2N3O3. The normalized spacial score (nSPS) is 17.3. The fourth-order valence-electron chi connectivity index (χ4n) is 4.31. The molecule has 1 saturated heterocycles. The third kappa shape index (κ3) is 3.71. The quantitative estimate of drug-likeness (QED) is 0.521. The van der Waals surface area contributed by atoms with Gasteiger partial charge in [-0.2, -0.15) is 0 Å². The van der Waals surface area contributed by atoms with Gasteiger partial charge in [-0.25, -0.2) is 0 Å². The van der Waals surface area contributed by atoms with Gasteiger partial charge in [-0.1, -0.05) is 46.6 Å². The standard InChI is InChI=1S/C24H23Cl2N3O3/c1-31-17-5-2-4-16(14-17)20-15-21(27-32-20)24(8-9-24)23(30)29-12-10-28(11-13-29)19-7-3-6-18(25)22(19)26/h2-7,14-15H,8-13H2,1H3. The van der Waals surface area contributed by atoms with Gasteiger partial charge in [-0.05, 0) is 37.1 Å². The molecule has 2 aromatic carbocycles. The minimum atomic E-state index is -0.573. The summed E-state index contributed by atoms with van der Waals surface area (Å²) < 4.78 is 10.9. The molecule has 0 bridgehead atoms. The molecule has 5 rings (SSSR count). The van der Waals surface area contributed by atoms with E-state index in [1.54, 1.807) is 13.2 Å². The molecule has 0 N–H and O–H groups in total. The monoisotopic (exact) mass is 471 g/mol. The summed E-state index contributed by atoms with van der Waals surface area (Å²) in [5.74, 6) is 1.51. The number of piperazine rings is 1. The summed E-state index contributed by atoms with van der Waals surface area (Å²) in [6, 6.07) is 15.1. The Balaban J connectivity index is 1.29. The van der Waals surface area contributed by atoms with Crippen molar-refractivity contribution in [3.8, 4) is 17.1 Å². The van der Waals surface area contributed by atoms with Gasteiger partial charge >= 0.3 is 0 Å². The minimum Gasteiger partial charge on any atom is -0.497 e. The van der Waals surface area contributed by atoms with Crippen LogP contribution in [0.4, 0.5) is 5.69 Å². The Kier molecular flexibility index (Phi) is 5.51. The number of hydrogen-bond acceptors (Lipinski definition) is 5. The molecule has 3 aromatic rings. The highest BCUT2D eigenvalue weighted by molar-refractivity contribution is 6.43. The molecule has 2 fully saturated rings. The number of benzene rings is 2. The summed E-state index contributed by atoms with van der Waals surface area (Å²) in [5.41, 5.74) is 1.92. The Morgan fingerprint density at radius 3 is 2.53 bits per heavy atom. The maximum absolute atomic E-state index is 13.5. The number of ether oxygens (including phenoxy) is 1. The van der Waals surface area contributed by atoms with E-state index in [1.165, 1.54) is 0 Å². The second-order valence-corrected chi connectivity index (χ2v) is 9.03. The molecule has 166 valence electrons. The van der Waals surface area contributed by atoms with Gasteiger partial charge in [-0.15, -0.1) is 0 Å². The highest BCUT2D eigenvalue weighted by Crippen LogP contribution is 2.50. The summed E-state index contributed by atoms with van der Waals surface area (Å²) in [7, 11) is 1.63. The Hall–Kier alpha value is -2.70. The number of amides is 1. The molecule has 0 unspecified atom stereocenters. The lowest BCUT2D eigenvalue weighted by Crippen LogP contribution is -2.51. The number of carbonyl (C=O) groups excluding carboxylic acids is 1. The van der Waals surface area contributed by atoms with Crippen LogP contribution in [0.25, 0.3) is 11.3 Å². The van der Waals surface area contributed by atoms with Crippen LogP contribution in [-0.4, -0.2) is 49.3 Å². The average Bonchev–Trinajstić information content (AvgIpc) is 3.49. The number of methoxy groups -OCH3 is 1. The molecule has 0 atom stereocenters. The summed E-state index contributed by atoms with van der Waals surface area (Å²) in [4.78, 5) is 17.6. The van der Waals surface area contributed by atoms with Gasteiger partial charge in [0.2, 0.25) is 5.91 Å². The van der Waals surface area contributed by atoms with Crippen LogP contribution >= 0.6 is 23.2 Å². The first-order valence-electron chi connectivity index (χ1n) is 10.6. The molecule has 1 saturated carbocycles. The van der Waals surface area contributed by atoms with Gasteiger partial charge in [0.1, 0.15) is 5.75 Å². The number of anilines is 1. The van der Waals surface area contributed by atoms with Crippen LogP contribution in [0.1, 0.15) is 18.5 Å². The zero-order valence-electron chi connectivity index (χ0n) is 17.7. The lowest BCUT2D eigenvalue weighted by Gasteiger charge is -2.37. The van der Waals surface area contributed by atoms with E-state index in [1.807, 2.05) is 47.4 Å². The Morgan fingerprint density at radius 1 is 1.06 bits per heavy atom. The third-order valence-corrected chi connectivity index (χ3v) is 7.16. The number of carbonyl (C=O) groups is 1. The van der Waals surface area contributed by atoms with Gasteiger partial charge in [0.05, 0.1) is 34.0 Å². The van der Waals surface area contributed by atoms with Gasteiger partial charge in [0.15, 0.2) is 5.76 Å². The van der Waals surface area contributed by atoms with Gasteiger partial charge in [0.25, 0.3) is 0 Å². The fourth-order valence-corrected chi connectivity index (χ4v) is 4.72. The number of rotatable bonds is 5. The molecule has 0 radical (unpaired) electrons. The van der Waals surface area contributed by atoms with Crippen molar-refractivity contribution in [3.63, 3.8) is 0 Å². The highest BCUT2D eigenvalue weighted by Gasteiger charge is 2.55. The maximum atomic E-state index is 13.5. The molecule has 6 nitrogen and oxygen atoms in total. The molecule has 2 aliphatic rings. The molecule has 1 aliphatic carbocycles. The smallest absolute Gasteiger partial charge is 0.235 e. The second-order valence-electron chi connectivity index (χ2n) is 8.24. The van der Waals surface area contributed by atoms with E-state index in [0.717, 1.165) is 29.8 Å². The maximum Gasteiger partial charge on any atom is 0.235 e. The van der Waals surface area contributed by atoms with Crippen LogP contribution in [0.15, 0.2) is 53.1 Å². The Labute approximate surface area is 196 Å². The Morgan fingerprint density at radius 2 is 1.81 bits per heavy atom. The van der Waals surface area contributed by atoms with Crippen molar-refractivity contribution in [2.45, 2.75) is 18.3 Å². The van der Waals surface area contributed by atoms with E-state index in [4.69, 9.17) is 32.5 Å². The molecule has 2 heterocycles. The first kappa shape index (κ1) is 21.2. The van der Waals surface area contributed by atoms with Crippen LogP contribution in [0.3, 0.4) is 0 Å². The van der Waals surface area contributed by atoms with Crippen molar-refractivity contribution in [2.24, 2.45) is 0 Å². The largest absolute Gasteiger partial charge is 0.497 e. The highest BCUT2D eigenvalue weighted by atomic mass is 35.5. The van der Waals surface area contributed by atoms with Crippen LogP contribution < -0.4 is 9.64 Å². The topological polar surface area (TPSA) is 58.8 Å². The summed E-state index contributed by atoms with van der Waals surface area (Å²) in [6.45, 7) is 2.67. The van der Waals surface area contributed by atoms with E-state index >= 15 is 0 Å². The predicted molar refractivity (Wildman–Crippen MR) is 125 cm³/mol. The van der Waals surface area contributed by atoms with Gasteiger partial charge in [0, 0.05) is 37.8 Å². The third-order valence-electron chi connectivity index (χ3n) is 6.35. The summed E-state index contributed by atoms with van der Waals surface area (Å²) >= 11 is 12.5. The number of aromatic nitrogens is 1. The molecule has 1 amide bonds. The molecule has 1 aromatic heterocycles. The molecule has 8 heteroatoms. The van der Waals surface area contributed by atoms with Crippen LogP contribution in [0.2, 0.25) is 10.0 Å². The van der Waals surface area contributed by atoms with E-state index in [-0.39, 0.29) is 5.91 Å². The average molecular weight is 472 g/mol. The van der Waals surface area contributed by atoms with E-state index < -0.39 is 5.41 Å². The van der Waals surface area contributed by atoms with Crippen molar-refractivity contribution in [3.05, 3.63) is 64.3 Å². The van der Waals surface area contributed by atoms with E-state index in [9.17, 15) is 4.79 Å². The van der Waals surface area contributed by atoms with Crippen LogP contribution in [0.5, 0.6) is 5.75 Å². The van der Waals surface area contributed by atoms with Crippen LogP contribution in [0, 0.1) is 0 Å². The first-order chi connectivity index (χ1) is 15.5. The minimum absolute atomic E-state index is 0.125. The number of halogens is 2. The predicted octanol–water partition coefficient (Wildman–Crippen LogP) is 5.04. The van der Waals surface area contributed by atoms with E-state index in [0.29, 0.717) is 47.7 Å². The molecule has 0 spiro atoms. The fraction of sp³-hybridized carbons (Fsp3) is 0.333. The van der Waals surface area contributed by atoms with Crippen molar-refractivity contribution in [2.75, 3.05) is 38.2 Å². The van der Waals surface area contributed by atoms with Gasteiger partial charge < -0.3 is 19.1 Å². The van der Waals surface area contributed by atoms with Crippen molar-refractivity contribution < 1.29 is 14.1 Å². The molecule has 1 aliphatic heterocycles. The van der Waals surface area contributed by atoms with Crippen molar-refractivity contribution in [1.82, 2.24) is 10.1 Å². The zero-order valence-corrected chi connectivity index (χ0v) is 19.2. The van der Waals surface area contributed by atoms with Crippen molar-refractivity contribution in [1.29, 1.82) is 0 Å². The lowest BCUT2D eigenvalue weighted by atomic mass is 9.99. The lowest BCUT2D eigenvalue weighted by molar-refractivity contribution is -0.134. The van der Waals surface area contributed by atoms with E-state index in [2.05, 4.69) is 10.1 Å². The number of hydrogen-bond donors (Lipinski definition) is 0. The van der Waals surface area contributed by atoms with Crippen molar-refractivity contribution >= 4 is 34.8 Å². The molecule has 32 heavy (non-hydrogen) atoms. The second kappa shape index (κ2) is 8.34. The summed E-state index contributed by atoms with van der Waals surface area (Å²) in [5, 5.41) is 5.37. The van der Waals surface area contributed by atoms with Crippen LogP contribution in [-0.2, 0) is 10.2 Å². The SMILES string of the molecule is COc1cccc(-c2cc(C3(C(=O)N4CCN(c5cccc(Cl)c5Cl)CC4)CC3)no2)c1. The zero-order chi connectivity index (χ0) is 22.3. The first-order valence-corrected chi connectivity index (χ1v) is 11.4. The van der Waals surface area contributed by atoms with Gasteiger partial charge in [-0.3, -0.25) is 4.79 Å². The molecular weight excluding hydrogens is 449 g/mol.